The zero-order valence-electron chi connectivity index (χ0n) is 17.7. The van der Waals surface area contributed by atoms with Gasteiger partial charge in [0.25, 0.3) is 15.7 Å². The van der Waals surface area contributed by atoms with E-state index in [9.17, 15) is 18.5 Å². The van der Waals surface area contributed by atoms with Crippen LogP contribution < -0.4 is 4.72 Å². The second-order valence-electron chi connectivity index (χ2n) is 8.51. The number of hydrogen-bond acceptors (Lipinski definition) is 5. The van der Waals surface area contributed by atoms with Gasteiger partial charge in [-0.2, -0.15) is 0 Å². The molecule has 3 aromatic carbocycles. The Balaban J connectivity index is 1.70. The van der Waals surface area contributed by atoms with Gasteiger partial charge in [0.05, 0.1) is 15.5 Å². The molecule has 0 radical (unpaired) electrons. The molecule has 8 heteroatoms. The highest BCUT2D eigenvalue weighted by atomic mass is 32.2. The number of benzene rings is 3. The number of fused-ring (bicyclic) bond motifs is 5. The number of nitro groups is 1. The van der Waals surface area contributed by atoms with E-state index in [0.29, 0.717) is 22.6 Å². The molecule has 1 aromatic heterocycles. The van der Waals surface area contributed by atoms with Crippen LogP contribution in [0.2, 0.25) is 0 Å². The first kappa shape index (κ1) is 20.5. The highest BCUT2D eigenvalue weighted by Gasteiger charge is 2.26. The molecule has 164 valence electrons. The fourth-order valence-corrected chi connectivity index (χ4v) is 5.88. The van der Waals surface area contributed by atoms with Crippen LogP contribution >= 0.6 is 0 Å². The number of nitro benzene ring substituents is 1. The van der Waals surface area contributed by atoms with E-state index in [4.69, 9.17) is 4.42 Å². The van der Waals surface area contributed by atoms with Gasteiger partial charge in [-0.1, -0.05) is 37.3 Å². The molecule has 0 spiro atoms. The summed E-state index contributed by atoms with van der Waals surface area (Å²) in [4.78, 5) is 10.5. The van der Waals surface area contributed by atoms with Crippen molar-refractivity contribution in [3.05, 3.63) is 75.5 Å². The molecule has 0 amide bonds. The normalized spacial score (nSPS) is 16.2. The van der Waals surface area contributed by atoms with Crippen LogP contribution in [0.15, 0.2) is 57.8 Å². The second-order valence-corrected chi connectivity index (χ2v) is 10.2. The largest absolute Gasteiger partial charge is 0.460 e. The number of hydrogen-bond donors (Lipinski definition) is 1. The van der Waals surface area contributed by atoms with E-state index in [1.807, 2.05) is 30.3 Å². The van der Waals surface area contributed by atoms with Gasteiger partial charge in [-0.3, -0.25) is 14.8 Å². The third kappa shape index (κ3) is 3.31. The van der Waals surface area contributed by atoms with E-state index in [2.05, 4.69) is 11.6 Å². The maximum atomic E-state index is 13.3. The molecule has 0 bridgehead atoms. The van der Waals surface area contributed by atoms with Gasteiger partial charge in [0, 0.05) is 40.3 Å². The number of nitrogens with one attached hydrogen (secondary N) is 1. The zero-order chi connectivity index (χ0) is 22.6. The minimum absolute atomic E-state index is 0.112. The van der Waals surface area contributed by atoms with Gasteiger partial charge in [-0.05, 0) is 37.3 Å². The smallest absolute Gasteiger partial charge is 0.270 e. The lowest BCUT2D eigenvalue weighted by molar-refractivity contribution is -0.385. The van der Waals surface area contributed by atoms with Crippen LogP contribution in [0, 0.1) is 23.0 Å². The Bertz CT molecular complexity index is 1500. The summed E-state index contributed by atoms with van der Waals surface area (Å²) in [5, 5.41) is 13.6. The summed E-state index contributed by atoms with van der Waals surface area (Å²) >= 11 is 0. The molecule has 1 atom stereocenters. The van der Waals surface area contributed by atoms with E-state index in [0.717, 1.165) is 53.0 Å². The van der Waals surface area contributed by atoms with Gasteiger partial charge in [-0.15, -0.1) is 0 Å². The lowest BCUT2D eigenvalue weighted by atomic mass is 9.87. The number of aryl methyl sites for hydroxylation is 2. The van der Waals surface area contributed by atoms with Gasteiger partial charge in [0.15, 0.2) is 0 Å². The number of non-ortho nitro benzene ring substituents is 1. The van der Waals surface area contributed by atoms with Crippen molar-refractivity contribution in [2.24, 2.45) is 5.92 Å². The first-order valence-corrected chi connectivity index (χ1v) is 12.0. The maximum absolute atomic E-state index is 13.3. The molecule has 0 saturated carbocycles. The highest BCUT2D eigenvalue weighted by molar-refractivity contribution is 7.92. The Morgan fingerprint density at radius 3 is 2.59 bits per heavy atom. The van der Waals surface area contributed by atoms with E-state index in [1.54, 1.807) is 6.92 Å². The van der Waals surface area contributed by atoms with Crippen molar-refractivity contribution in [1.82, 2.24) is 0 Å². The zero-order valence-corrected chi connectivity index (χ0v) is 18.5. The first-order valence-electron chi connectivity index (χ1n) is 10.5. The number of anilines is 1. The molecule has 0 saturated heterocycles. The quantitative estimate of drug-likeness (QED) is 0.316. The molecular weight excluding hydrogens is 428 g/mol. The lowest BCUT2D eigenvalue weighted by Gasteiger charge is -2.17. The molecular formula is C24H22N2O5S. The number of rotatable bonds is 4. The molecule has 0 aliphatic heterocycles. The van der Waals surface area contributed by atoms with E-state index >= 15 is 0 Å². The Morgan fingerprint density at radius 2 is 1.84 bits per heavy atom. The fourth-order valence-electron chi connectivity index (χ4n) is 4.55. The van der Waals surface area contributed by atoms with Crippen LogP contribution in [0.3, 0.4) is 0 Å². The molecule has 7 nitrogen and oxygen atoms in total. The van der Waals surface area contributed by atoms with Gasteiger partial charge in [0.2, 0.25) is 0 Å². The Morgan fingerprint density at radius 1 is 1.09 bits per heavy atom. The Hall–Kier alpha value is -3.39. The molecule has 1 aliphatic carbocycles. The minimum atomic E-state index is -4.06. The topological polar surface area (TPSA) is 102 Å². The van der Waals surface area contributed by atoms with Gasteiger partial charge in [-0.25, -0.2) is 8.42 Å². The van der Waals surface area contributed by atoms with Gasteiger partial charge in [0.1, 0.15) is 11.3 Å². The van der Waals surface area contributed by atoms with Crippen molar-refractivity contribution < 1.29 is 17.8 Å². The average Bonchev–Trinajstić information content (AvgIpc) is 3.11. The molecule has 32 heavy (non-hydrogen) atoms. The predicted octanol–water partition coefficient (Wildman–Crippen LogP) is 5.73. The van der Waals surface area contributed by atoms with Crippen molar-refractivity contribution in [3.63, 3.8) is 0 Å². The van der Waals surface area contributed by atoms with Crippen molar-refractivity contribution in [2.45, 2.75) is 38.0 Å². The molecule has 5 rings (SSSR count). The number of sulfonamides is 1. The lowest BCUT2D eigenvalue weighted by Crippen LogP contribution is -2.15. The van der Waals surface area contributed by atoms with Crippen LogP contribution in [0.5, 0.6) is 0 Å². The number of furan rings is 1. The van der Waals surface area contributed by atoms with Crippen molar-refractivity contribution in [2.75, 3.05) is 4.72 Å². The van der Waals surface area contributed by atoms with E-state index < -0.39 is 14.9 Å². The maximum Gasteiger partial charge on any atom is 0.270 e. The SMILES string of the molecule is Cc1ccc([N+](=O)[O-])cc1S(=O)(=O)Nc1cc2c3c(oc2c2ccccc12)CC[C@H](C)C3. The van der Waals surface area contributed by atoms with Crippen molar-refractivity contribution in [1.29, 1.82) is 0 Å². The summed E-state index contributed by atoms with van der Waals surface area (Å²) in [7, 11) is -4.06. The molecule has 1 N–H and O–H groups in total. The summed E-state index contributed by atoms with van der Waals surface area (Å²) in [6.45, 7) is 3.82. The molecule has 0 unspecified atom stereocenters. The van der Waals surface area contributed by atoms with Crippen molar-refractivity contribution >= 4 is 43.1 Å². The van der Waals surface area contributed by atoms with Crippen LogP contribution in [0.1, 0.15) is 30.2 Å². The van der Waals surface area contributed by atoms with E-state index in [-0.39, 0.29) is 10.6 Å². The molecule has 4 aromatic rings. The van der Waals surface area contributed by atoms with Crippen LogP contribution in [-0.2, 0) is 22.9 Å². The standard InChI is InChI=1S/C24H22N2O5S/c1-14-7-10-22-19(11-14)20-13-21(17-5-3-4-6-18(17)24(20)31-22)25-32(29,30)23-12-16(26(27)28)9-8-15(23)2/h3-6,8-9,12-14,25H,7,10-11H2,1-2H3/t14-/m0/s1. The second kappa shape index (κ2) is 7.34. The summed E-state index contributed by atoms with van der Waals surface area (Å²) in [5.74, 6) is 1.50. The third-order valence-electron chi connectivity index (χ3n) is 6.22. The molecule has 1 heterocycles. The van der Waals surface area contributed by atoms with Gasteiger partial charge < -0.3 is 4.42 Å². The van der Waals surface area contributed by atoms with Crippen LogP contribution in [-0.4, -0.2) is 13.3 Å². The highest BCUT2D eigenvalue weighted by Crippen LogP contribution is 2.41. The van der Waals surface area contributed by atoms with Gasteiger partial charge >= 0.3 is 0 Å². The molecule has 0 fully saturated rings. The summed E-state index contributed by atoms with van der Waals surface area (Å²) < 4.78 is 35.5. The average molecular weight is 451 g/mol. The Labute approximate surface area is 185 Å². The minimum Gasteiger partial charge on any atom is -0.460 e. The monoisotopic (exact) mass is 450 g/mol. The molecule has 1 aliphatic rings. The summed E-state index contributed by atoms with van der Waals surface area (Å²) in [5.41, 5.74) is 2.50. The number of nitrogens with zero attached hydrogens (tertiary/aromatic N) is 1. The van der Waals surface area contributed by atoms with Crippen LogP contribution in [0.4, 0.5) is 11.4 Å². The van der Waals surface area contributed by atoms with Crippen LogP contribution in [0.25, 0.3) is 21.7 Å². The third-order valence-corrected chi connectivity index (χ3v) is 7.72. The fraction of sp³-hybridized carbons (Fsp3) is 0.250. The first-order chi connectivity index (χ1) is 15.2. The van der Waals surface area contributed by atoms with Crippen molar-refractivity contribution in [3.8, 4) is 0 Å². The van der Waals surface area contributed by atoms with E-state index in [1.165, 1.54) is 12.1 Å². The summed E-state index contributed by atoms with van der Waals surface area (Å²) in [6, 6.07) is 13.2. The predicted molar refractivity (Wildman–Crippen MR) is 124 cm³/mol. The summed E-state index contributed by atoms with van der Waals surface area (Å²) in [6.07, 6.45) is 2.82. The Kier molecular flexibility index (Phi) is 4.70.